The summed E-state index contributed by atoms with van der Waals surface area (Å²) in [5.74, 6) is 0.0759. The number of nitrogens with one attached hydrogen (secondary N) is 1. The predicted molar refractivity (Wildman–Crippen MR) is 99.9 cm³/mol. The van der Waals surface area contributed by atoms with E-state index in [1.165, 1.54) is 10.8 Å². The number of carbonyl (C=O) groups is 1. The highest BCUT2D eigenvalue weighted by Gasteiger charge is 2.17. The molecular weight excluding hydrogens is 296 g/mol. The summed E-state index contributed by atoms with van der Waals surface area (Å²) in [5, 5.41) is 5.67. The Labute approximate surface area is 142 Å². The van der Waals surface area contributed by atoms with E-state index in [2.05, 4.69) is 29.6 Å². The molecule has 3 nitrogen and oxygen atoms in total. The van der Waals surface area contributed by atoms with Gasteiger partial charge in [-0.2, -0.15) is 0 Å². The smallest absolute Gasteiger partial charge is 0.244 e. The average molecular weight is 318 g/mol. The van der Waals surface area contributed by atoms with Crippen LogP contribution >= 0.6 is 0 Å². The second-order valence-electron chi connectivity index (χ2n) is 6.11. The number of hydrogen-bond donors (Lipinski definition) is 1. The summed E-state index contributed by atoms with van der Waals surface area (Å²) >= 11 is 0. The normalized spacial score (nSPS) is 11.9. The zero-order chi connectivity index (χ0) is 16.9. The molecule has 0 fully saturated rings. The molecular formula is C21H22N2O. The molecule has 0 aromatic heterocycles. The maximum atomic E-state index is 12.6. The van der Waals surface area contributed by atoms with Crippen molar-refractivity contribution in [3.63, 3.8) is 0 Å². The largest absolute Gasteiger partial charge is 0.374 e. The minimum Gasteiger partial charge on any atom is -0.374 e. The lowest BCUT2D eigenvalue weighted by atomic mass is 10.1. The fraction of sp³-hybridized carbons (Fsp3) is 0.190. The first-order valence-electron chi connectivity index (χ1n) is 8.18. The van der Waals surface area contributed by atoms with E-state index in [0.29, 0.717) is 6.54 Å². The highest BCUT2D eigenvalue weighted by atomic mass is 16.2. The molecule has 3 heteroatoms. The third kappa shape index (κ3) is 3.74. The molecule has 3 aromatic rings. The van der Waals surface area contributed by atoms with Gasteiger partial charge in [0.25, 0.3) is 0 Å². The Balaban J connectivity index is 1.66. The molecule has 0 saturated carbocycles. The van der Waals surface area contributed by atoms with Gasteiger partial charge in [0.05, 0.1) is 0 Å². The van der Waals surface area contributed by atoms with Crippen LogP contribution in [0.15, 0.2) is 72.8 Å². The van der Waals surface area contributed by atoms with Crippen molar-refractivity contribution in [2.45, 2.75) is 19.5 Å². The molecule has 0 heterocycles. The maximum absolute atomic E-state index is 12.6. The second-order valence-corrected chi connectivity index (χ2v) is 6.11. The number of amides is 1. The predicted octanol–water partition coefficient (Wildman–Crippen LogP) is 4.30. The van der Waals surface area contributed by atoms with Gasteiger partial charge in [0, 0.05) is 19.3 Å². The Morgan fingerprint density at radius 1 is 0.958 bits per heavy atom. The van der Waals surface area contributed by atoms with E-state index in [4.69, 9.17) is 0 Å². The Bertz CT molecular complexity index is 829. The van der Waals surface area contributed by atoms with E-state index in [0.717, 1.165) is 11.3 Å². The number of carbonyl (C=O) groups excluding carboxylic acids is 1. The summed E-state index contributed by atoms with van der Waals surface area (Å²) < 4.78 is 0. The molecule has 1 amide bonds. The fourth-order valence-corrected chi connectivity index (χ4v) is 2.86. The Morgan fingerprint density at radius 2 is 1.62 bits per heavy atom. The lowest BCUT2D eigenvalue weighted by molar-refractivity contribution is -0.130. The third-order valence-corrected chi connectivity index (χ3v) is 4.14. The van der Waals surface area contributed by atoms with Gasteiger partial charge in [0.1, 0.15) is 6.04 Å². The van der Waals surface area contributed by atoms with Crippen molar-refractivity contribution < 1.29 is 4.79 Å². The first kappa shape index (κ1) is 16.1. The van der Waals surface area contributed by atoms with Crippen molar-refractivity contribution in [2.24, 2.45) is 0 Å². The zero-order valence-corrected chi connectivity index (χ0v) is 14.1. The Hall–Kier alpha value is -2.81. The number of anilines is 1. The molecule has 122 valence electrons. The van der Waals surface area contributed by atoms with E-state index < -0.39 is 0 Å². The maximum Gasteiger partial charge on any atom is 0.244 e. The molecule has 0 radical (unpaired) electrons. The average Bonchev–Trinajstić information content (AvgIpc) is 2.61. The number of rotatable bonds is 5. The molecule has 1 atom stereocenters. The molecule has 3 aromatic carbocycles. The van der Waals surface area contributed by atoms with Crippen molar-refractivity contribution in [2.75, 3.05) is 12.4 Å². The van der Waals surface area contributed by atoms with Gasteiger partial charge in [0.15, 0.2) is 0 Å². The third-order valence-electron chi connectivity index (χ3n) is 4.14. The molecule has 1 N–H and O–H groups in total. The van der Waals surface area contributed by atoms with Gasteiger partial charge < -0.3 is 10.2 Å². The van der Waals surface area contributed by atoms with Gasteiger partial charge in [-0.1, -0.05) is 60.7 Å². The summed E-state index contributed by atoms with van der Waals surface area (Å²) in [6, 6.07) is 24.1. The molecule has 0 aliphatic heterocycles. The van der Waals surface area contributed by atoms with Gasteiger partial charge in [-0.15, -0.1) is 0 Å². The number of fused-ring (bicyclic) bond motifs is 1. The van der Waals surface area contributed by atoms with Crippen molar-refractivity contribution in [3.8, 4) is 0 Å². The SMILES string of the molecule is C[C@@H](Nc1ccc2ccccc2c1)C(=O)N(C)Cc1ccccc1. The molecule has 24 heavy (non-hydrogen) atoms. The van der Waals surface area contributed by atoms with Crippen LogP contribution in [0.4, 0.5) is 5.69 Å². The first-order valence-corrected chi connectivity index (χ1v) is 8.18. The van der Waals surface area contributed by atoms with Crippen LogP contribution in [0.3, 0.4) is 0 Å². The molecule has 3 rings (SSSR count). The van der Waals surface area contributed by atoms with Crippen molar-refractivity contribution in [1.82, 2.24) is 4.90 Å². The Kier molecular flexibility index (Phi) is 4.80. The van der Waals surface area contributed by atoms with Crippen LogP contribution in [0.2, 0.25) is 0 Å². The van der Waals surface area contributed by atoms with Crippen LogP contribution in [0.25, 0.3) is 10.8 Å². The van der Waals surface area contributed by atoms with E-state index >= 15 is 0 Å². The van der Waals surface area contributed by atoms with Crippen LogP contribution in [0.1, 0.15) is 12.5 Å². The van der Waals surface area contributed by atoms with Crippen LogP contribution in [0.5, 0.6) is 0 Å². The Morgan fingerprint density at radius 3 is 2.38 bits per heavy atom. The van der Waals surface area contributed by atoms with Crippen LogP contribution in [-0.4, -0.2) is 23.9 Å². The number of hydrogen-bond acceptors (Lipinski definition) is 2. The van der Waals surface area contributed by atoms with E-state index in [-0.39, 0.29) is 11.9 Å². The van der Waals surface area contributed by atoms with Crippen LogP contribution in [-0.2, 0) is 11.3 Å². The quantitative estimate of drug-likeness (QED) is 0.761. The van der Waals surface area contributed by atoms with E-state index in [9.17, 15) is 4.79 Å². The molecule has 0 unspecified atom stereocenters. The van der Waals surface area contributed by atoms with Crippen molar-refractivity contribution in [3.05, 3.63) is 78.4 Å². The van der Waals surface area contributed by atoms with Crippen LogP contribution < -0.4 is 5.32 Å². The van der Waals surface area contributed by atoms with E-state index in [1.807, 2.05) is 62.5 Å². The monoisotopic (exact) mass is 318 g/mol. The van der Waals surface area contributed by atoms with Gasteiger partial charge in [-0.25, -0.2) is 0 Å². The summed E-state index contributed by atoms with van der Waals surface area (Å²) in [5.41, 5.74) is 2.09. The number of likely N-dealkylation sites (N-methyl/N-ethyl adjacent to an activating group) is 1. The summed E-state index contributed by atoms with van der Waals surface area (Å²) in [4.78, 5) is 14.3. The van der Waals surface area contributed by atoms with Crippen molar-refractivity contribution >= 4 is 22.4 Å². The van der Waals surface area contributed by atoms with Gasteiger partial charge in [0.2, 0.25) is 5.91 Å². The topological polar surface area (TPSA) is 32.3 Å². The van der Waals surface area contributed by atoms with Crippen LogP contribution in [0, 0.1) is 0 Å². The number of nitrogens with zero attached hydrogens (tertiary/aromatic N) is 1. The molecule has 0 aliphatic rings. The second kappa shape index (κ2) is 7.18. The minimum absolute atomic E-state index is 0.0759. The zero-order valence-electron chi connectivity index (χ0n) is 14.1. The highest BCUT2D eigenvalue weighted by Crippen LogP contribution is 2.19. The highest BCUT2D eigenvalue weighted by molar-refractivity contribution is 5.88. The summed E-state index contributed by atoms with van der Waals surface area (Å²) in [6.45, 7) is 2.52. The summed E-state index contributed by atoms with van der Waals surface area (Å²) in [6.07, 6.45) is 0. The van der Waals surface area contributed by atoms with E-state index in [1.54, 1.807) is 4.90 Å². The first-order chi connectivity index (χ1) is 11.6. The molecule has 0 saturated heterocycles. The van der Waals surface area contributed by atoms with Gasteiger partial charge in [-0.3, -0.25) is 4.79 Å². The lowest BCUT2D eigenvalue weighted by Gasteiger charge is -2.23. The van der Waals surface area contributed by atoms with Gasteiger partial charge >= 0.3 is 0 Å². The van der Waals surface area contributed by atoms with Crippen molar-refractivity contribution in [1.29, 1.82) is 0 Å². The lowest BCUT2D eigenvalue weighted by Crippen LogP contribution is -2.38. The fourth-order valence-electron chi connectivity index (χ4n) is 2.86. The molecule has 0 aliphatic carbocycles. The summed E-state index contributed by atoms with van der Waals surface area (Å²) in [7, 11) is 1.84. The molecule has 0 spiro atoms. The minimum atomic E-state index is -0.278. The standard InChI is InChI=1S/C21H22N2O/c1-16(21(24)23(2)15-17-8-4-3-5-9-17)22-20-13-12-18-10-6-7-11-19(18)14-20/h3-14,16,22H,15H2,1-2H3/t16-/m1/s1. The molecule has 0 bridgehead atoms. The number of benzene rings is 3. The van der Waals surface area contributed by atoms with Gasteiger partial charge in [-0.05, 0) is 35.4 Å².